The van der Waals surface area contributed by atoms with Crippen LogP contribution in [0.1, 0.15) is 25.3 Å². The standard InChI is InChI=1S/C15H23FN2/c1-12(17-2)14-7-9-18(10-8-14)11-13-3-5-15(16)6-4-13/h3-6,12,14,17H,7-11H2,1-2H3. The van der Waals surface area contributed by atoms with Crippen LogP contribution in [0.3, 0.4) is 0 Å². The minimum atomic E-state index is -0.152. The van der Waals surface area contributed by atoms with Gasteiger partial charge >= 0.3 is 0 Å². The number of nitrogens with zero attached hydrogens (tertiary/aromatic N) is 1. The summed E-state index contributed by atoms with van der Waals surface area (Å²) in [6, 6.07) is 7.48. The molecule has 1 N–H and O–H groups in total. The number of benzene rings is 1. The van der Waals surface area contributed by atoms with E-state index in [4.69, 9.17) is 0 Å². The number of likely N-dealkylation sites (tertiary alicyclic amines) is 1. The van der Waals surface area contributed by atoms with Gasteiger partial charge < -0.3 is 5.32 Å². The van der Waals surface area contributed by atoms with Crippen LogP contribution in [0.4, 0.5) is 4.39 Å². The van der Waals surface area contributed by atoms with E-state index in [0.717, 1.165) is 25.6 Å². The second-order valence-corrected chi connectivity index (χ2v) is 5.32. The Hall–Kier alpha value is -0.930. The molecule has 1 fully saturated rings. The highest BCUT2D eigenvalue weighted by Gasteiger charge is 2.22. The molecular weight excluding hydrogens is 227 g/mol. The van der Waals surface area contributed by atoms with Crippen molar-refractivity contribution in [2.45, 2.75) is 32.4 Å². The Balaban J connectivity index is 1.81. The zero-order chi connectivity index (χ0) is 13.0. The summed E-state index contributed by atoms with van der Waals surface area (Å²) in [6.45, 7) is 5.50. The van der Waals surface area contributed by atoms with Crippen molar-refractivity contribution in [2.24, 2.45) is 5.92 Å². The fourth-order valence-corrected chi connectivity index (χ4v) is 2.69. The van der Waals surface area contributed by atoms with E-state index < -0.39 is 0 Å². The molecule has 0 aromatic heterocycles. The van der Waals surface area contributed by atoms with E-state index in [1.807, 2.05) is 19.2 Å². The summed E-state index contributed by atoms with van der Waals surface area (Å²) in [7, 11) is 2.04. The molecule has 1 aromatic rings. The maximum atomic E-state index is 12.8. The highest BCUT2D eigenvalue weighted by Crippen LogP contribution is 2.21. The first kappa shape index (κ1) is 13.5. The van der Waals surface area contributed by atoms with Crippen molar-refractivity contribution in [1.82, 2.24) is 10.2 Å². The van der Waals surface area contributed by atoms with Gasteiger partial charge in [-0.25, -0.2) is 4.39 Å². The Morgan fingerprint density at radius 1 is 1.28 bits per heavy atom. The van der Waals surface area contributed by atoms with Crippen molar-refractivity contribution in [2.75, 3.05) is 20.1 Å². The molecule has 0 aliphatic carbocycles. The van der Waals surface area contributed by atoms with E-state index >= 15 is 0 Å². The van der Waals surface area contributed by atoms with E-state index in [1.165, 1.54) is 18.4 Å². The van der Waals surface area contributed by atoms with Gasteiger partial charge in [0.2, 0.25) is 0 Å². The van der Waals surface area contributed by atoms with Gasteiger partial charge in [-0.1, -0.05) is 12.1 Å². The molecule has 1 unspecified atom stereocenters. The van der Waals surface area contributed by atoms with Crippen LogP contribution in [-0.4, -0.2) is 31.1 Å². The molecule has 2 rings (SSSR count). The van der Waals surface area contributed by atoms with E-state index in [0.29, 0.717) is 6.04 Å². The summed E-state index contributed by atoms with van der Waals surface area (Å²) in [5.41, 5.74) is 1.21. The van der Waals surface area contributed by atoms with Crippen molar-refractivity contribution < 1.29 is 4.39 Å². The average molecular weight is 250 g/mol. The summed E-state index contributed by atoms with van der Waals surface area (Å²) < 4.78 is 12.8. The zero-order valence-corrected chi connectivity index (χ0v) is 11.3. The molecule has 0 amide bonds. The van der Waals surface area contributed by atoms with Gasteiger partial charge in [-0.3, -0.25) is 4.90 Å². The lowest BCUT2D eigenvalue weighted by Gasteiger charge is -2.34. The van der Waals surface area contributed by atoms with Crippen molar-refractivity contribution in [3.05, 3.63) is 35.6 Å². The van der Waals surface area contributed by atoms with Gasteiger partial charge in [0.15, 0.2) is 0 Å². The lowest BCUT2D eigenvalue weighted by atomic mass is 9.90. The van der Waals surface area contributed by atoms with Crippen molar-refractivity contribution in [3.8, 4) is 0 Å². The summed E-state index contributed by atoms with van der Waals surface area (Å²) in [5.74, 6) is 0.639. The van der Waals surface area contributed by atoms with Crippen LogP contribution in [0.25, 0.3) is 0 Å². The van der Waals surface area contributed by atoms with Crippen molar-refractivity contribution in [1.29, 1.82) is 0 Å². The van der Waals surface area contributed by atoms with Crippen LogP contribution < -0.4 is 5.32 Å². The molecule has 1 aromatic carbocycles. The number of halogens is 1. The molecule has 0 saturated carbocycles. The predicted octanol–water partition coefficient (Wildman–Crippen LogP) is 2.65. The molecule has 100 valence electrons. The first-order chi connectivity index (χ1) is 8.69. The van der Waals surface area contributed by atoms with Gasteiger partial charge in [0.05, 0.1) is 0 Å². The second-order valence-electron chi connectivity index (χ2n) is 5.32. The van der Waals surface area contributed by atoms with Crippen molar-refractivity contribution >= 4 is 0 Å². The maximum Gasteiger partial charge on any atom is 0.123 e. The Morgan fingerprint density at radius 3 is 2.44 bits per heavy atom. The van der Waals surface area contributed by atoms with Crippen LogP contribution in [-0.2, 0) is 6.54 Å². The first-order valence-electron chi connectivity index (χ1n) is 6.83. The summed E-state index contributed by atoms with van der Waals surface area (Å²) in [5, 5.41) is 3.35. The number of hydrogen-bond donors (Lipinski definition) is 1. The second kappa shape index (κ2) is 6.30. The number of piperidine rings is 1. The predicted molar refractivity (Wildman–Crippen MR) is 72.9 cm³/mol. The highest BCUT2D eigenvalue weighted by molar-refractivity contribution is 5.15. The monoisotopic (exact) mass is 250 g/mol. The molecule has 1 saturated heterocycles. The fraction of sp³-hybridized carbons (Fsp3) is 0.600. The Kier molecular flexibility index (Phi) is 4.72. The van der Waals surface area contributed by atoms with Gasteiger partial charge in [-0.2, -0.15) is 0 Å². The number of rotatable bonds is 4. The lowest BCUT2D eigenvalue weighted by Crippen LogP contribution is -2.40. The third-order valence-corrected chi connectivity index (χ3v) is 4.11. The molecule has 18 heavy (non-hydrogen) atoms. The summed E-state index contributed by atoms with van der Waals surface area (Å²) in [4.78, 5) is 2.46. The maximum absolute atomic E-state index is 12.8. The topological polar surface area (TPSA) is 15.3 Å². The van der Waals surface area contributed by atoms with Gasteiger partial charge in [0, 0.05) is 12.6 Å². The van der Waals surface area contributed by atoms with Gasteiger partial charge in [-0.05, 0) is 63.5 Å². The Labute approximate surface area is 109 Å². The third-order valence-electron chi connectivity index (χ3n) is 4.11. The summed E-state index contributed by atoms with van der Waals surface area (Å²) in [6.07, 6.45) is 2.51. The quantitative estimate of drug-likeness (QED) is 0.883. The SMILES string of the molecule is CNC(C)C1CCN(Cc2ccc(F)cc2)CC1. The fourth-order valence-electron chi connectivity index (χ4n) is 2.69. The molecule has 1 aliphatic rings. The molecule has 2 nitrogen and oxygen atoms in total. The number of hydrogen-bond acceptors (Lipinski definition) is 2. The minimum absolute atomic E-state index is 0.152. The van der Waals surface area contributed by atoms with E-state index in [1.54, 1.807) is 12.1 Å². The van der Waals surface area contributed by atoms with Gasteiger partial charge in [0.1, 0.15) is 5.82 Å². The Morgan fingerprint density at radius 2 is 1.89 bits per heavy atom. The zero-order valence-electron chi connectivity index (χ0n) is 11.3. The average Bonchev–Trinajstić information content (AvgIpc) is 2.41. The highest BCUT2D eigenvalue weighted by atomic mass is 19.1. The van der Waals surface area contributed by atoms with Crippen LogP contribution in [0.15, 0.2) is 24.3 Å². The van der Waals surface area contributed by atoms with Gasteiger partial charge in [0.25, 0.3) is 0 Å². The van der Waals surface area contributed by atoms with Crippen LogP contribution in [0.5, 0.6) is 0 Å². The molecule has 3 heteroatoms. The number of nitrogens with one attached hydrogen (secondary N) is 1. The van der Waals surface area contributed by atoms with Gasteiger partial charge in [-0.15, -0.1) is 0 Å². The van der Waals surface area contributed by atoms with E-state index in [2.05, 4.69) is 17.1 Å². The summed E-state index contributed by atoms with van der Waals surface area (Å²) >= 11 is 0. The smallest absolute Gasteiger partial charge is 0.123 e. The lowest BCUT2D eigenvalue weighted by molar-refractivity contribution is 0.159. The first-order valence-corrected chi connectivity index (χ1v) is 6.83. The molecule has 0 radical (unpaired) electrons. The van der Waals surface area contributed by atoms with Crippen LogP contribution in [0, 0.1) is 11.7 Å². The molecule has 1 atom stereocenters. The molecular formula is C15H23FN2. The van der Waals surface area contributed by atoms with Crippen molar-refractivity contribution in [3.63, 3.8) is 0 Å². The van der Waals surface area contributed by atoms with E-state index in [-0.39, 0.29) is 5.82 Å². The van der Waals surface area contributed by atoms with Crippen LogP contribution >= 0.6 is 0 Å². The largest absolute Gasteiger partial charge is 0.317 e. The normalized spacial score (nSPS) is 19.9. The molecule has 1 aliphatic heterocycles. The minimum Gasteiger partial charge on any atom is -0.317 e. The molecule has 0 spiro atoms. The third kappa shape index (κ3) is 3.53. The van der Waals surface area contributed by atoms with Crippen LogP contribution in [0.2, 0.25) is 0 Å². The Bertz CT molecular complexity index is 355. The van der Waals surface area contributed by atoms with E-state index in [9.17, 15) is 4.39 Å². The molecule has 0 bridgehead atoms. The molecule has 1 heterocycles.